The molecule has 2 aliphatic heterocycles. The highest BCUT2D eigenvalue weighted by Crippen LogP contribution is 2.44. The molecule has 2 aromatic rings. The summed E-state index contributed by atoms with van der Waals surface area (Å²) in [6.45, 7) is 2.38. The molecule has 22 heavy (non-hydrogen) atoms. The van der Waals surface area contributed by atoms with Gasteiger partial charge in [0.1, 0.15) is 0 Å². The second kappa shape index (κ2) is 5.05. The van der Waals surface area contributed by atoms with Crippen molar-refractivity contribution in [1.82, 2.24) is 0 Å². The fourth-order valence-corrected chi connectivity index (χ4v) is 3.13. The van der Waals surface area contributed by atoms with Crippen LogP contribution < -0.4 is 14.8 Å². The molecule has 2 aromatic carbocycles. The topological polar surface area (TPSA) is 47.6 Å². The average molecular weight is 295 g/mol. The van der Waals surface area contributed by atoms with Crippen molar-refractivity contribution in [1.29, 1.82) is 0 Å². The predicted octanol–water partition coefficient (Wildman–Crippen LogP) is 3.45. The Kier molecular flexibility index (Phi) is 3.03. The van der Waals surface area contributed by atoms with E-state index < -0.39 is 0 Å². The van der Waals surface area contributed by atoms with Crippen molar-refractivity contribution in [3.63, 3.8) is 0 Å². The number of nitrogens with one attached hydrogen (secondary N) is 1. The van der Waals surface area contributed by atoms with E-state index in [0.29, 0.717) is 12.2 Å². The van der Waals surface area contributed by atoms with Gasteiger partial charge in [0.2, 0.25) is 12.7 Å². The molecular weight excluding hydrogens is 278 g/mol. The van der Waals surface area contributed by atoms with Crippen molar-refractivity contribution < 1.29 is 14.3 Å². The third-order valence-electron chi connectivity index (χ3n) is 4.37. The lowest BCUT2D eigenvalue weighted by Gasteiger charge is -2.26. The number of aryl methyl sites for hydroxylation is 1. The molecule has 1 amide bonds. The zero-order chi connectivity index (χ0) is 15.1. The molecule has 0 aromatic heterocycles. The molecule has 0 aliphatic carbocycles. The Morgan fingerprint density at radius 1 is 1.14 bits per heavy atom. The SMILES string of the molecule is CCc1ccc(C2CC(=O)Nc3cc4c(cc32)OCO4)cc1. The zero-order valence-corrected chi connectivity index (χ0v) is 12.4. The highest BCUT2D eigenvalue weighted by molar-refractivity contribution is 5.96. The normalized spacial score (nSPS) is 18.8. The van der Waals surface area contributed by atoms with Gasteiger partial charge in [-0.15, -0.1) is 0 Å². The minimum Gasteiger partial charge on any atom is -0.454 e. The number of hydrogen-bond acceptors (Lipinski definition) is 3. The maximum Gasteiger partial charge on any atom is 0.231 e. The van der Waals surface area contributed by atoms with Gasteiger partial charge in [-0.2, -0.15) is 0 Å². The van der Waals surface area contributed by atoms with Crippen LogP contribution in [0.5, 0.6) is 11.5 Å². The quantitative estimate of drug-likeness (QED) is 0.923. The summed E-state index contributed by atoms with van der Waals surface area (Å²) >= 11 is 0. The molecule has 112 valence electrons. The van der Waals surface area contributed by atoms with Crippen molar-refractivity contribution >= 4 is 11.6 Å². The first-order valence-corrected chi connectivity index (χ1v) is 7.57. The smallest absolute Gasteiger partial charge is 0.231 e. The molecule has 1 atom stereocenters. The van der Waals surface area contributed by atoms with E-state index in [0.717, 1.165) is 29.0 Å². The molecule has 0 bridgehead atoms. The Labute approximate surface area is 129 Å². The molecule has 0 radical (unpaired) electrons. The summed E-state index contributed by atoms with van der Waals surface area (Å²) in [5, 5.41) is 2.94. The number of carbonyl (C=O) groups is 1. The van der Waals surface area contributed by atoms with Gasteiger partial charge in [-0.05, 0) is 29.2 Å². The molecule has 0 saturated heterocycles. The molecule has 0 spiro atoms. The summed E-state index contributed by atoms with van der Waals surface area (Å²) in [4.78, 5) is 12.0. The molecular formula is C18H17NO3. The van der Waals surface area contributed by atoms with Crippen LogP contribution in [-0.4, -0.2) is 12.7 Å². The minimum atomic E-state index is 0.0379. The van der Waals surface area contributed by atoms with Crippen LogP contribution in [0.2, 0.25) is 0 Å². The van der Waals surface area contributed by atoms with Crippen LogP contribution >= 0.6 is 0 Å². The number of benzene rings is 2. The second-order valence-corrected chi connectivity index (χ2v) is 5.69. The highest BCUT2D eigenvalue weighted by atomic mass is 16.7. The number of amides is 1. The van der Waals surface area contributed by atoms with Gasteiger partial charge in [0.25, 0.3) is 0 Å². The van der Waals surface area contributed by atoms with E-state index in [1.807, 2.05) is 12.1 Å². The predicted molar refractivity (Wildman–Crippen MR) is 83.5 cm³/mol. The van der Waals surface area contributed by atoms with E-state index in [4.69, 9.17) is 9.47 Å². The van der Waals surface area contributed by atoms with Gasteiger partial charge in [0.05, 0.1) is 0 Å². The summed E-state index contributed by atoms with van der Waals surface area (Å²) < 4.78 is 10.9. The summed E-state index contributed by atoms with van der Waals surface area (Å²) in [5.74, 6) is 1.55. The van der Waals surface area contributed by atoms with E-state index in [2.05, 4.69) is 36.5 Å². The van der Waals surface area contributed by atoms with E-state index in [-0.39, 0.29) is 18.6 Å². The standard InChI is InChI=1S/C18H17NO3/c1-2-11-3-5-12(6-4-11)13-8-18(20)19-15-9-17-16(7-14(13)15)21-10-22-17/h3-7,9,13H,2,8,10H2,1H3,(H,19,20). The minimum absolute atomic E-state index is 0.0379. The first-order valence-electron chi connectivity index (χ1n) is 7.57. The molecule has 4 heteroatoms. The number of ether oxygens (including phenoxy) is 2. The Morgan fingerprint density at radius 2 is 1.86 bits per heavy atom. The molecule has 0 fully saturated rings. The average Bonchev–Trinajstić information content (AvgIpc) is 2.99. The molecule has 0 saturated carbocycles. The van der Waals surface area contributed by atoms with Gasteiger partial charge in [0, 0.05) is 24.1 Å². The third kappa shape index (κ3) is 2.11. The van der Waals surface area contributed by atoms with Crippen LogP contribution in [0.1, 0.15) is 36.0 Å². The molecule has 4 nitrogen and oxygen atoms in total. The Hall–Kier alpha value is -2.49. The number of carbonyl (C=O) groups excluding carboxylic acids is 1. The number of fused-ring (bicyclic) bond motifs is 2. The van der Waals surface area contributed by atoms with Crippen LogP contribution in [0.15, 0.2) is 36.4 Å². The lowest BCUT2D eigenvalue weighted by molar-refractivity contribution is -0.116. The zero-order valence-electron chi connectivity index (χ0n) is 12.4. The summed E-state index contributed by atoms with van der Waals surface area (Å²) in [6.07, 6.45) is 1.47. The molecule has 1 unspecified atom stereocenters. The van der Waals surface area contributed by atoms with Gasteiger partial charge >= 0.3 is 0 Å². The van der Waals surface area contributed by atoms with Crippen LogP contribution in [0.25, 0.3) is 0 Å². The number of hydrogen-bond donors (Lipinski definition) is 1. The fraction of sp³-hybridized carbons (Fsp3) is 0.278. The maximum absolute atomic E-state index is 12.0. The lowest BCUT2D eigenvalue weighted by atomic mass is 9.84. The fourth-order valence-electron chi connectivity index (χ4n) is 3.13. The number of anilines is 1. The van der Waals surface area contributed by atoms with Gasteiger partial charge in [-0.3, -0.25) is 4.79 Å². The second-order valence-electron chi connectivity index (χ2n) is 5.69. The highest BCUT2D eigenvalue weighted by Gasteiger charge is 2.29. The molecule has 2 aliphatic rings. The Bertz CT molecular complexity index is 737. The van der Waals surface area contributed by atoms with Gasteiger partial charge in [0.15, 0.2) is 11.5 Å². The van der Waals surface area contributed by atoms with E-state index in [1.165, 1.54) is 5.56 Å². The Morgan fingerprint density at radius 3 is 2.59 bits per heavy atom. The first-order chi connectivity index (χ1) is 10.7. The summed E-state index contributed by atoms with van der Waals surface area (Å²) in [6, 6.07) is 12.4. The third-order valence-corrected chi connectivity index (χ3v) is 4.37. The molecule has 4 rings (SSSR count). The van der Waals surface area contributed by atoms with Crippen LogP contribution in [0.4, 0.5) is 5.69 Å². The van der Waals surface area contributed by atoms with Crippen molar-refractivity contribution in [3.8, 4) is 11.5 Å². The maximum atomic E-state index is 12.0. The van der Waals surface area contributed by atoms with Crippen LogP contribution in [0.3, 0.4) is 0 Å². The van der Waals surface area contributed by atoms with E-state index in [9.17, 15) is 4.79 Å². The van der Waals surface area contributed by atoms with Crippen molar-refractivity contribution in [3.05, 3.63) is 53.1 Å². The largest absolute Gasteiger partial charge is 0.454 e. The molecule has 2 heterocycles. The van der Waals surface area contributed by atoms with Crippen LogP contribution in [0, 0.1) is 0 Å². The monoisotopic (exact) mass is 295 g/mol. The lowest BCUT2D eigenvalue weighted by Crippen LogP contribution is -2.23. The Balaban J connectivity index is 1.79. The van der Waals surface area contributed by atoms with E-state index >= 15 is 0 Å². The van der Waals surface area contributed by atoms with Gasteiger partial charge in [-0.1, -0.05) is 31.2 Å². The van der Waals surface area contributed by atoms with Crippen molar-refractivity contribution in [2.45, 2.75) is 25.7 Å². The van der Waals surface area contributed by atoms with Crippen LogP contribution in [-0.2, 0) is 11.2 Å². The van der Waals surface area contributed by atoms with E-state index in [1.54, 1.807) is 0 Å². The van der Waals surface area contributed by atoms with Crippen molar-refractivity contribution in [2.24, 2.45) is 0 Å². The first kappa shape index (κ1) is 13.2. The van der Waals surface area contributed by atoms with Gasteiger partial charge < -0.3 is 14.8 Å². The number of rotatable bonds is 2. The summed E-state index contributed by atoms with van der Waals surface area (Å²) in [7, 11) is 0. The van der Waals surface area contributed by atoms with Gasteiger partial charge in [-0.25, -0.2) is 0 Å². The molecule has 1 N–H and O–H groups in total. The summed E-state index contributed by atoms with van der Waals surface area (Å²) in [5.41, 5.74) is 4.38. The van der Waals surface area contributed by atoms with Crippen molar-refractivity contribution in [2.75, 3.05) is 12.1 Å².